The Bertz CT molecular complexity index is 349. The smallest absolute Gasteiger partial charge is 0.274 e. The van der Waals surface area contributed by atoms with Crippen LogP contribution in [0.3, 0.4) is 0 Å². The SMILES string of the molecule is O=C(NO)c1ccc2c(c1)COC2. The summed E-state index contributed by atoms with van der Waals surface area (Å²) in [5.41, 5.74) is 4.16. The van der Waals surface area contributed by atoms with Crippen LogP contribution in [0.15, 0.2) is 18.2 Å². The Morgan fingerprint density at radius 2 is 2.15 bits per heavy atom. The summed E-state index contributed by atoms with van der Waals surface area (Å²) in [4.78, 5) is 11.0. The number of amides is 1. The second kappa shape index (κ2) is 3.16. The molecule has 0 bridgehead atoms. The van der Waals surface area contributed by atoms with Crippen LogP contribution in [0, 0.1) is 0 Å². The molecule has 4 heteroatoms. The topological polar surface area (TPSA) is 58.6 Å². The number of nitrogens with one attached hydrogen (secondary N) is 1. The molecule has 68 valence electrons. The molecule has 2 rings (SSSR count). The zero-order valence-electron chi connectivity index (χ0n) is 6.91. The van der Waals surface area contributed by atoms with Crippen LogP contribution in [0.5, 0.6) is 0 Å². The van der Waals surface area contributed by atoms with Crippen molar-refractivity contribution in [1.82, 2.24) is 5.48 Å². The summed E-state index contributed by atoms with van der Waals surface area (Å²) < 4.78 is 5.19. The van der Waals surface area contributed by atoms with Crippen LogP contribution in [0.4, 0.5) is 0 Å². The maximum absolute atomic E-state index is 11.0. The number of hydroxylamine groups is 1. The number of rotatable bonds is 1. The minimum Gasteiger partial charge on any atom is -0.372 e. The van der Waals surface area contributed by atoms with Crippen molar-refractivity contribution in [2.24, 2.45) is 0 Å². The third-order valence-corrected chi connectivity index (χ3v) is 2.09. The van der Waals surface area contributed by atoms with Crippen molar-refractivity contribution in [1.29, 1.82) is 0 Å². The average molecular weight is 179 g/mol. The Balaban J connectivity index is 2.36. The quantitative estimate of drug-likeness (QED) is 0.496. The van der Waals surface area contributed by atoms with Crippen molar-refractivity contribution in [3.63, 3.8) is 0 Å². The monoisotopic (exact) mass is 179 g/mol. The van der Waals surface area contributed by atoms with E-state index < -0.39 is 5.91 Å². The summed E-state index contributed by atoms with van der Waals surface area (Å²) >= 11 is 0. The third-order valence-electron chi connectivity index (χ3n) is 2.09. The Morgan fingerprint density at radius 3 is 2.92 bits per heavy atom. The van der Waals surface area contributed by atoms with Crippen LogP contribution in [0.1, 0.15) is 21.5 Å². The molecule has 0 radical (unpaired) electrons. The Labute approximate surface area is 75.1 Å². The molecular formula is C9H9NO3. The molecule has 0 spiro atoms. The van der Waals surface area contributed by atoms with Gasteiger partial charge in [-0.05, 0) is 23.3 Å². The number of hydrogen-bond acceptors (Lipinski definition) is 3. The molecule has 0 saturated carbocycles. The first kappa shape index (κ1) is 8.22. The molecule has 1 amide bonds. The van der Waals surface area contributed by atoms with Gasteiger partial charge in [0.25, 0.3) is 5.91 Å². The Kier molecular flexibility index (Phi) is 2.00. The fraction of sp³-hybridized carbons (Fsp3) is 0.222. The van der Waals surface area contributed by atoms with E-state index in [1.54, 1.807) is 17.6 Å². The maximum atomic E-state index is 11.0. The molecule has 0 aliphatic carbocycles. The van der Waals surface area contributed by atoms with Crippen molar-refractivity contribution < 1.29 is 14.7 Å². The molecule has 0 aromatic heterocycles. The van der Waals surface area contributed by atoms with E-state index in [1.807, 2.05) is 6.07 Å². The van der Waals surface area contributed by atoms with Gasteiger partial charge >= 0.3 is 0 Å². The summed E-state index contributed by atoms with van der Waals surface area (Å²) in [6.45, 7) is 1.15. The van der Waals surface area contributed by atoms with Gasteiger partial charge in [-0.2, -0.15) is 0 Å². The molecule has 13 heavy (non-hydrogen) atoms. The van der Waals surface area contributed by atoms with Gasteiger partial charge in [0.15, 0.2) is 0 Å². The number of ether oxygens (including phenoxy) is 1. The van der Waals surface area contributed by atoms with Crippen LogP contribution in [0.25, 0.3) is 0 Å². The molecule has 1 aromatic carbocycles. The van der Waals surface area contributed by atoms with Gasteiger partial charge in [-0.3, -0.25) is 10.0 Å². The lowest BCUT2D eigenvalue weighted by atomic mass is 10.1. The Hall–Kier alpha value is -1.39. The highest BCUT2D eigenvalue weighted by molar-refractivity contribution is 5.93. The van der Waals surface area contributed by atoms with E-state index >= 15 is 0 Å². The first-order valence-electron chi connectivity index (χ1n) is 3.95. The molecule has 1 aliphatic heterocycles. The lowest BCUT2D eigenvalue weighted by molar-refractivity contribution is 0.0706. The first-order valence-corrected chi connectivity index (χ1v) is 3.95. The van der Waals surface area contributed by atoms with Crippen LogP contribution >= 0.6 is 0 Å². The van der Waals surface area contributed by atoms with E-state index in [0.717, 1.165) is 11.1 Å². The van der Waals surface area contributed by atoms with Gasteiger partial charge in [-0.1, -0.05) is 6.07 Å². The standard InChI is InChI=1S/C9H9NO3/c11-9(10-12)6-1-2-7-4-13-5-8(7)3-6/h1-3,12H,4-5H2,(H,10,11). The normalized spacial score (nSPS) is 13.9. The number of benzene rings is 1. The average Bonchev–Trinajstić information content (AvgIpc) is 2.63. The third kappa shape index (κ3) is 1.41. The summed E-state index contributed by atoms with van der Waals surface area (Å²) in [7, 11) is 0. The lowest BCUT2D eigenvalue weighted by Crippen LogP contribution is -2.18. The van der Waals surface area contributed by atoms with Crippen LogP contribution in [0.2, 0.25) is 0 Å². The van der Waals surface area contributed by atoms with Gasteiger partial charge in [0.2, 0.25) is 0 Å². The van der Waals surface area contributed by atoms with E-state index in [4.69, 9.17) is 9.94 Å². The van der Waals surface area contributed by atoms with E-state index in [2.05, 4.69) is 0 Å². The first-order chi connectivity index (χ1) is 6.31. The van der Waals surface area contributed by atoms with Crippen LogP contribution < -0.4 is 5.48 Å². The molecule has 2 N–H and O–H groups in total. The highest BCUT2D eigenvalue weighted by Crippen LogP contribution is 2.20. The molecule has 0 saturated heterocycles. The van der Waals surface area contributed by atoms with Gasteiger partial charge < -0.3 is 4.74 Å². The van der Waals surface area contributed by atoms with Crippen molar-refractivity contribution in [3.05, 3.63) is 34.9 Å². The highest BCUT2D eigenvalue weighted by atomic mass is 16.5. The summed E-state index contributed by atoms with van der Waals surface area (Å²) in [5, 5.41) is 8.41. The molecule has 4 nitrogen and oxygen atoms in total. The van der Waals surface area contributed by atoms with Gasteiger partial charge in [0, 0.05) is 5.56 Å². The number of carbonyl (C=O) groups excluding carboxylic acids is 1. The van der Waals surface area contributed by atoms with Crippen LogP contribution in [-0.2, 0) is 18.0 Å². The van der Waals surface area contributed by atoms with Crippen molar-refractivity contribution in [3.8, 4) is 0 Å². The minimum atomic E-state index is -0.491. The van der Waals surface area contributed by atoms with Crippen molar-refractivity contribution in [2.45, 2.75) is 13.2 Å². The van der Waals surface area contributed by atoms with Crippen molar-refractivity contribution >= 4 is 5.91 Å². The highest BCUT2D eigenvalue weighted by Gasteiger charge is 2.13. The largest absolute Gasteiger partial charge is 0.372 e. The molecule has 0 fully saturated rings. The lowest BCUT2D eigenvalue weighted by Gasteiger charge is -2.00. The summed E-state index contributed by atoms with van der Waals surface area (Å²) in [6.07, 6.45) is 0. The molecule has 1 aliphatic rings. The second-order valence-corrected chi connectivity index (χ2v) is 2.92. The van der Waals surface area contributed by atoms with E-state index in [9.17, 15) is 4.79 Å². The molecule has 0 atom stereocenters. The number of carbonyl (C=O) groups is 1. The predicted octanol–water partition coefficient (Wildman–Crippen LogP) is 0.836. The van der Waals surface area contributed by atoms with Gasteiger partial charge in [-0.25, -0.2) is 5.48 Å². The molecule has 0 unspecified atom stereocenters. The van der Waals surface area contributed by atoms with Crippen LogP contribution in [-0.4, -0.2) is 11.1 Å². The maximum Gasteiger partial charge on any atom is 0.274 e. The summed E-state index contributed by atoms with van der Waals surface area (Å²) in [6, 6.07) is 5.24. The molecule has 1 heterocycles. The minimum absolute atomic E-state index is 0.451. The number of hydrogen-bond donors (Lipinski definition) is 2. The fourth-order valence-corrected chi connectivity index (χ4v) is 1.38. The number of fused-ring (bicyclic) bond motifs is 1. The zero-order chi connectivity index (χ0) is 9.26. The van der Waals surface area contributed by atoms with E-state index in [1.165, 1.54) is 0 Å². The Morgan fingerprint density at radius 1 is 1.38 bits per heavy atom. The predicted molar refractivity (Wildman–Crippen MR) is 44.2 cm³/mol. The fourth-order valence-electron chi connectivity index (χ4n) is 1.38. The molecule has 1 aromatic rings. The van der Waals surface area contributed by atoms with Gasteiger partial charge in [0.05, 0.1) is 13.2 Å². The summed E-state index contributed by atoms with van der Waals surface area (Å²) in [5.74, 6) is -0.491. The van der Waals surface area contributed by atoms with E-state index in [0.29, 0.717) is 18.8 Å². The second-order valence-electron chi connectivity index (χ2n) is 2.92. The van der Waals surface area contributed by atoms with E-state index in [-0.39, 0.29) is 0 Å². The molecular weight excluding hydrogens is 170 g/mol. The van der Waals surface area contributed by atoms with Gasteiger partial charge in [-0.15, -0.1) is 0 Å². The van der Waals surface area contributed by atoms with Crippen molar-refractivity contribution in [2.75, 3.05) is 0 Å². The zero-order valence-corrected chi connectivity index (χ0v) is 6.91. The van der Waals surface area contributed by atoms with Gasteiger partial charge in [0.1, 0.15) is 0 Å².